The Balaban J connectivity index is 1.64. The number of sulfonamides is 1. The standard InChI is InChI=1S/C24H24FN3O3S/c1-27(2)21-7-3-5-18(15-21)24(29)26-20-11-8-17-6-4-14-28(23(17)16-20)32(30,31)22-12-9-19(25)10-13-22/h3,5,7-13,15-16H,4,6,14H2,1-2H3,(H,26,29). The highest BCUT2D eigenvalue weighted by atomic mass is 32.2. The van der Waals surface area contributed by atoms with Gasteiger partial charge in [-0.05, 0) is 73.0 Å². The van der Waals surface area contributed by atoms with Crippen LogP contribution in [0.15, 0.2) is 71.6 Å². The topological polar surface area (TPSA) is 69.7 Å². The fourth-order valence-electron chi connectivity index (χ4n) is 3.73. The van der Waals surface area contributed by atoms with Gasteiger partial charge in [0.2, 0.25) is 0 Å². The second-order valence-corrected chi connectivity index (χ2v) is 9.74. The number of fused-ring (bicyclic) bond motifs is 1. The van der Waals surface area contributed by atoms with Crippen molar-refractivity contribution in [2.24, 2.45) is 0 Å². The molecule has 0 spiro atoms. The van der Waals surface area contributed by atoms with Crippen molar-refractivity contribution in [1.82, 2.24) is 0 Å². The number of halogens is 1. The first-order valence-electron chi connectivity index (χ1n) is 10.3. The van der Waals surface area contributed by atoms with Crippen LogP contribution < -0.4 is 14.5 Å². The van der Waals surface area contributed by atoms with Gasteiger partial charge < -0.3 is 10.2 Å². The van der Waals surface area contributed by atoms with Gasteiger partial charge in [0.25, 0.3) is 15.9 Å². The van der Waals surface area contributed by atoms with Crippen LogP contribution in [0.4, 0.5) is 21.5 Å². The summed E-state index contributed by atoms with van der Waals surface area (Å²) in [4.78, 5) is 14.7. The number of amides is 1. The molecule has 0 bridgehead atoms. The van der Waals surface area contributed by atoms with Crippen LogP contribution in [0.5, 0.6) is 0 Å². The molecule has 3 aromatic carbocycles. The van der Waals surface area contributed by atoms with Crippen molar-refractivity contribution in [2.75, 3.05) is 35.2 Å². The molecule has 32 heavy (non-hydrogen) atoms. The minimum Gasteiger partial charge on any atom is -0.378 e. The molecule has 0 radical (unpaired) electrons. The molecule has 1 N–H and O–H groups in total. The SMILES string of the molecule is CN(C)c1cccc(C(=O)Nc2ccc3c(c2)N(S(=O)(=O)c2ccc(F)cc2)CCC3)c1. The second-order valence-electron chi connectivity index (χ2n) is 7.88. The molecule has 0 aromatic heterocycles. The predicted molar refractivity (Wildman–Crippen MR) is 124 cm³/mol. The summed E-state index contributed by atoms with van der Waals surface area (Å²) >= 11 is 0. The number of rotatable bonds is 5. The van der Waals surface area contributed by atoms with Crippen LogP contribution in [-0.2, 0) is 16.4 Å². The number of carbonyl (C=O) groups excluding carboxylic acids is 1. The number of hydrogen-bond acceptors (Lipinski definition) is 4. The maximum absolute atomic E-state index is 13.3. The molecule has 166 valence electrons. The summed E-state index contributed by atoms with van der Waals surface area (Å²) in [6.07, 6.45) is 1.42. The third-order valence-corrected chi connectivity index (χ3v) is 7.27. The third kappa shape index (κ3) is 4.31. The minimum atomic E-state index is -3.86. The molecular formula is C24H24FN3O3S. The zero-order valence-corrected chi connectivity index (χ0v) is 18.7. The van der Waals surface area contributed by atoms with Gasteiger partial charge in [-0.2, -0.15) is 0 Å². The van der Waals surface area contributed by atoms with Gasteiger partial charge in [-0.1, -0.05) is 12.1 Å². The molecule has 0 saturated heterocycles. The monoisotopic (exact) mass is 453 g/mol. The number of benzene rings is 3. The molecule has 0 fully saturated rings. The maximum atomic E-state index is 13.3. The molecule has 0 unspecified atom stereocenters. The molecule has 8 heteroatoms. The van der Waals surface area contributed by atoms with Crippen molar-refractivity contribution in [1.29, 1.82) is 0 Å². The van der Waals surface area contributed by atoms with E-state index in [0.717, 1.165) is 29.8 Å². The van der Waals surface area contributed by atoms with E-state index in [-0.39, 0.29) is 10.8 Å². The Morgan fingerprint density at radius 2 is 1.78 bits per heavy atom. The van der Waals surface area contributed by atoms with Crippen molar-refractivity contribution in [3.05, 3.63) is 83.7 Å². The van der Waals surface area contributed by atoms with Crippen molar-refractivity contribution in [3.63, 3.8) is 0 Å². The van der Waals surface area contributed by atoms with Crippen LogP contribution in [0.2, 0.25) is 0 Å². The predicted octanol–water partition coefficient (Wildman–Crippen LogP) is 4.29. The van der Waals surface area contributed by atoms with Gasteiger partial charge >= 0.3 is 0 Å². The first-order valence-corrected chi connectivity index (χ1v) is 11.7. The van der Waals surface area contributed by atoms with Crippen LogP contribution in [0, 0.1) is 5.82 Å². The lowest BCUT2D eigenvalue weighted by molar-refractivity contribution is 0.102. The number of aryl methyl sites for hydroxylation is 1. The molecular weight excluding hydrogens is 429 g/mol. The molecule has 4 rings (SSSR count). The molecule has 1 aliphatic heterocycles. The zero-order chi connectivity index (χ0) is 22.9. The van der Waals surface area contributed by atoms with Crippen molar-refractivity contribution in [2.45, 2.75) is 17.7 Å². The van der Waals surface area contributed by atoms with Crippen molar-refractivity contribution >= 4 is 33.0 Å². The Morgan fingerprint density at radius 3 is 2.50 bits per heavy atom. The molecule has 1 heterocycles. The lowest BCUT2D eigenvalue weighted by atomic mass is 10.0. The molecule has 1 amide bonds. The first-order chi connectivity index (χ1) is 15.3. The number of nitrogens with zero attached hydrogens (tertiary/aromatic N) is 2. The van der Waals surface area contributed by atoms with Gasteiger partial charge in [0.15, 0.2) is 0 Å². The average Bonchev–Trinajstić information content (AvgIpc) is 2.79. The summed E-state index contributed by atoms with van der Waals surface area (Å²) in [6, 6.07) is 17.3. The van der Waals surface area contributed by atoms with Crippen LogP contribution in [0.3, 0.4) is 0 Å². The normalized spacial score (nSPS) is 13.4. The van der Waals surface area contributed by atoms with E-state index in [4.69, 9.17) is 0 Å². The van der Waals surface area contributed by atoms with E-state index in [0.29, 0.717) is 29.9 Å². The van der Waals surface area contributed by atoms with E-state index in [1.165, 1.54) is 16.4 Å². The van der Waals surface area contributed by atoms with Crippen LogP contribution >= 0.6 is 0 Å². The number of hydrogen-bond donors (Lipinski definition) is 1. The Hall–Kier alpha value is -3.39. The molecule has 0 aliphatic carbocycles. The molecule has 3 aromatic rings. The fourth-order valence-corrected chi connectivity index (χ4v) is 5.26. The smallest absolute Gasteiger partial charge is 0.264 e. The Morgan fingerprint density at radius 1 is 1.03 bits per heavy atom. The summed E-state index contributed by atoms with van der Waals surface area (Å²) in [5.41, 5.74) is 3.32. The summed E-state index contributed by atoms with van der Waals surface area (Å²) in [5.74, 6) is -0.774. The van der Waals surface area contributed by atoms with E-state index in [2.05, 4.69) is 5.32 Å². The Bertz CT molecular complexity index is 1260. The Kier molecular flexibility index (Phi) is 5.88. The van der Waals surface area contributed by atoms with E-state index in [1.807, 2.05) is 37.2 Å². The third-order valence-electron chi connectivity index (χ3n) is 5.45. The fraction of sp³-hybridized carbons (Fsp3) is 0.208. The van der Waals surface area contributed by atoms with Crippen LogP contribution in [0.25, 0.3) is 0 Å². The van der Waals surface area contributed by atoms with Crippen molar-refractivity contribution in [3.8, 4) is 0 Å². The first kappa shape index (κ1) is 21.8. The summed E-state index contributed by atoms with van der Waals surface area (Å²) in [7, 11) is -0.0574. The van der Waals surface area contributed by atoms with E-state index < -0.39 is 15.8 Å². The van der Waals surface area contributed by atoms with Gasteiger partial charge in [0.1, 0.15) is 5.82 Å². The quantitative estimate of drug-likeness (QED) is 0.626. The van der Waals surface area contributed by atoms with Gasteiger partial charge in [-0.15, -0.1) is 0 Å². The van der Waals surface area contributed by atoms with Crippen LogP contribution in [-0.4, -0.2) is 35.0 Å². The lowest BCUT2D eigenvalue weighted by Crippen LogP contribution is -2.35. The lowest BCUT2D eigenvalue weighted by Gasteiger charge is -2.31. The minimum absolute atomic E-state index is 0.0293. The van der Waals surface area contributed by atoms with E-state index in [9.17, 15) is 17.6 Å². The van der Waals surface area contributed by atoms with E-state index >= 15 is 0 Å². The molecule has 1 aliphatic rings. The molecule has 0 saturated carbocycles. The van der Waals surface area contributed by atoms with Crippen molar-refractivity contribution < 1.29 is 17.6 Å². The summed E-state index contributed by atoms with van der Waals surface area (Å²) in [6.45, 7) is 0.314. The van der Waals surface area contributed by atoms with Gasteiger partial charge in [-0.3, -0.25) is 9.10 Å². The van der Waals surface area contributed by atoms with E-state index in [1.54, 1.807) is 24.3 Å². The number of anilines is 3. The van der Waals surface area contributed by atoms with Gasteiger partial charge in [0.05, 0.1) is 10.6 Å². The largest absolute Gasteiger partial charge is 0.378 e. The van der Waals surface area contributed by atoms with Crippen LogP contribution in [0.1, 0.15) is 22.3 Å². The highest BCUT2D eigenvalue weighted by Gasteiger charge is 2.29. The average molecular weight is 454 g/mol. The maximum Gasteiger partial charge on any atom is 0.264 e. The zero-order valence-electron chi connectivity index (χ0n) is 17.9. The Labute approximate surface area is 187 Å². The number of nitrogens with one attached hydrogen (secondary N) is 1. The highest BCUT2D eigenvalue weighted by Crippen LogP contribution is 2.34. The molecule has 0 atom stereocenters. The van der Waals surface area contributed by atoms with Gasteiger partial charge in [-0.25, -0.2) is 12.8 Å². The molecule has 6 nitrogen and oxygen atoms in total. The highest BCUT2D eigenvalue weighted by molar-refractivity contribution is 7.92. The second kappa shape index (κ2) is 8.63. The van der Waals surface area contributed by atoms with Gasteiger partial charge in [0, 0.05) is 37.6 Å². The number of carbonyl (C=O) groups is 1. The summed E-state index contributed by atoms with van der Waals surface area (Å²) < 4.78 is 41.1. The summed E-state index contributed by atoms with van der Waals surface area (Å²) in [5, 5.41) is 2.87.